The van der Waals surface area contributed by atoms with Gasteiger partial charge in [0.1, 0.15) is 23.3 Å². The second-order valence-corrected chi connectivity index (χ2v) is 18.7. The van der Waals surface area contributed by atoms with E-state index in [4.69, 9.17) is 9.97 Å². The number of pyridine rings is 2. The third kappa shape index (κ3) is 8.17. The second-order valence-electron chi connectivity index (χ2n) is 18.7. The first-order chi connectivity index (χ1) is 35.6. The molecule has 0 aliphatic rings. The molecule has 0 saturated heterocycles. The molecule has 0 fully saturated rings. The summed E-state index contributed by atoms with van der Waals surface area (Å²) in [5, 5.41) is 8.00. The Labute approximate surface area is 419 Å². The standard InChI is InChI=1S/C65H44F4N4/c1-65(2,63-39-47(37-57(70-63)53-33-31-45(66)35-55(53)68)72(59-27-11-19-41-15-3-7-23-49(41)59)60-28-12-20-42-16-4-8-24-50(42)60)64-40-48(38-58(71-64)54-34-32-46(67)36-56(54)69)73(61-29-13-21-43-17-5-9-25-51(43)61)62-30-14-22-44-18-6-10-26-52(44)62/h3-40H,1-2H3. The van der Waals surface area contributed by atoms with E-state index >= 15 is 8.78 Å². The summed E-state index contributed by atoms with van der Waals surface area (Å²) in [5.41, 5.74) is 5.35. The summed E-state index contributed by atoms with van der Waals surface area (Å²) in [6, 6.07) is 72.0. The van der Waals surface area contributed by atoms with Crippen molar-refractivity contribution in [2.24, 2.45) is 0 Å². The highest BCUT2D eigenvalue weighted by atomic mass is 19.1. The molecule has 10 aromatic carbocycles. The van der Waals surface area contributed by atoms with Crippen molar-refractivity contribution in [3.63, 3.8) is 0 Å². The number of aromatic nitrogens is 2. The van der Waals surface area contributed by atoms with Crippen molar-refractivity contribution in [3.8, 4) is 22.5 Å². The molecule has 0 N–H and O–H groups in total. The van der Waals surface area contributed by atoms with Gasteiger partial charge in [-0.2, -0.15) is 0 Å². The predicted octanol–water partition coefficient (Wildman–Crippen LogP) is 18.2. The van der Waals surface area contributed by atoms with Gasteiger partial charge in [-0.1, -0.05) is 146 Å². The van der Waals surface area contributed by atoms with E-state index in [2.05, 4.69) is 107 Å². The Kier molecular flexibility index (Phi) is 11.2. The summed E-state index contributed by atoms with van der Waals surface area (Å²) < 4.78 is 62.0. The highest BCUT2D eigenvalue weighted by Gasteiger charge is 2.32. The Morgan fingerprint density at radius 3 is 0.945 bits per heavy atom. The molecule has 8 heteroatoms. The van der Waals surface area contributed by atoms with Gasteiger partial charge in [0, 0.05) is 50.2 Å². The molecular weight excluding hydrogens is 913 g/mol. The van der Waals surface area contributed by atoms with Crippen LogP contribution >= 0.6 is 0 Å². The molecule has 12 aromatic rings. The first-order valence-electron chi connectivity index (χ1n) is 24.1. The molecule has 0 saturated carbocycles. The largest absolute Gasteiger partial charge is 0.309 e. The predicted molar refractivity (Wildman–Crippen MR) is 291 cm³/mol. The maximum Gasteiger partial charge on any atom is 0.135 e. The van der Waals surface area contributed by atoms with Crippen molar-refractivity contribution in [2.45, 2.75) is 19.3 Å². The number of rotatable bonds is 10. The van der Waals surface area contributed by atoms with Gasteiger partial charge in [-0.05, 0) is 108 Å². The molecule has 0 unspecified atom stereocenters. The number of anilines is 6. The topological polar surface area (TPSA) is 32.3 Å². The first-order valence-corrected chi connectivity index (χ1v) is 24.1. The third-order valence-corrected chi connectivity index (χ3v) is 13.9. The second kappa shape index (κ2) is 18.2. The lowest BCUT2D eigenvalue weighted by atomic mass is 9.83. The Morgan fingerprint density at radius 2 is 0.630 bits per heavy atom. The van der Waals surface area contributed by atoms with Gasteiger partial charge in [-0.25, -0.2) is 17.6 Å². The highest BCUT2D eigenvalue weighted by Crippen LogP contribution is 2.48. The van der Waals surface area contributed by atoms with Crippen molar-refractivity contribution >= 4 is 77.2 Å². The smallest absolute Gasteiger partial charge is 0.135 e. The number of halogens is 4. The van der Waals surface area contributed by atoms with Crippen LogP contribution in [0.15, 0.2) is 231 Å². The van der Waals surface area contributed by atoms with Gasteiger partial charge in [0.15, 0.2) is 0 Å². The van der Waals surface area contributed by atoms with Crippen LogP contribution in [0.1, 0.15) is 25.2 Å². The molecule has 0 bridgehead atoms. The summed E-state index contributed by atoms with van der Waals surface area (Å²) in [5.74, 6) is -2.97. The van der Waals surface area contributed by atoms with Crippen molar-refractivity contribution in [2.75, 3.05) is 9.80 Å². The van der Waals surface area contributed by atoms with E-state index in [0.717, 1.165) is 78.0 Å². The Hall–Kier alpha value is -9.14. The fraction of sp³-hybridized carbons (Fsp3) is 0.0462. The van der Waals surface area contributed by atoms with Crippen LogP contribution in [-0.4, -0.2) is 9.97 Å². The lowest BCUT2D eigenvalue weighted by molar-refractivity contribution is 0.582. The average Bonchev–Trinajstić information content (AvgIpc) is 3.41. The van der Waals surface area contributed by atoms with Gasteiger partial charge in [0.2, 0.25) is 0 Å². The Bertz CT molecular complexity index is 3670. The van der Waals surface area contributed by atoms with Crippen LogP contribution in [0.5, 0.6) is 0 Å². The van der Waals surface area contributed by atoms with Crippen molar-refractivity contribution in [1.29, 1.82) is 0 Å². The first kappa shape index (κ1) is 45.0. The zero-order chi connectivity index (χ0) is 49.8. The van der Waals surface area contributed by atoms with Crippen molar-refractivity contribution < 1.29 is 17.6 Å². The minimum Gasteiger partial charge on any atom is -0.309 e. The van der Waals surface area contributed by atoms with E-state index in [1.54, 1.807) is 0 Å². The van der Waals surface area contributed by atoms with Crippen molar-refractivity contribution in [1.82, 2.24) is 9.97 Å². The zero-order valence-electron chi connectivity index (χ0n) is 39.7. The number of benzene rings is 10. The third-order valence-electron chi connectivity index (χ3n) is 13.9. The quantitative estimate of drug-likeness (QED) is 0.128. The molecule has 0 radical (unpaired) electrons. The summed E-state index contributed by atoms with van der Waals surface area (Å²) in [6.07, 6.45) is 0. The minimum atomic E-state index is -1.13. The Morgan fingerprint density at radius 1 is 0.329 bits per heavy atom. The van der Waals surface area contributed by atoms with Crippen LogP contribution < -0.4 is 9.80 Å². The molecule has 0 aliphatic heterocycles. The maximum atomic E-state index is 16.3. The summed E-state index contributed by atoms with van der Waals surface area (Å²) in [7, 11) is 0. The molecular formula is C65H44F4N4. The minimum absolute atomic E-state index is 0.102. The van der Waals surface area contributed by atoms with Gasteiger partial charge in [0.25, 0.3) is 0 Å². The average molecular weight is 957 g/mol. The SMILES string of the molecule is CC(C)(c1cc(N(c2cccc3ccccc23)c2cccc3ccccc23)cc(-c2ccc(F)cc2F)n1)c1cc(N(c2cccc3ccccc23)c2cccc3ccccc23)cc(-c2ccc(F)cc2F)n1. The van der Waals surface area contributed by atoms with E-state index in [1.165, 1.54) is 24.3 Å². The molecule has 12 rings (SSSR count). The summed E-state index contributed by atoms with van der Waals surface area (Å²) in [4.78, 5) is 14.9. The number of hydrogen-bond acceptors (Lipinski definition) is 4. The van der Waals surface area contributed by atoms with Crippen LogP contribution in [0.25, 0.3) is 65.6 Å². The molecule has 73 heavy (non-hydrogen) atoms. The van der Waals surface area contributed by atoms with Gasteiger partial charge in [-0.15, -0.1) is 0 Å². The van der Waals surface area contributed by atoms with E-state index in [-0.39, 0.29) is 22.5 Å². The fourth-order valence-corrected chi connectivity index (χ4v) is 10.2. The monoisotopic (exact) mass is 956 g/mol. The number of hydrogen-bond donors (Lipinski definition) is 0. The maximum absolute atomic E-state index is 16.3. The van der Waals surface area contributed by atoms with Crippen LogP contribution in [0.4, 0.5) is 51.7 Å². The van der Waals surface area contributed by atoms with Gasteiger partial charge in [-0.3, -0.25) is 9.97 Å². The van der Waals surface area contributed by atoms with Crippen molar-refractivity contribution in [3.05, 3.63) is 265 Å². The molecule has 2 aromatic heterocycles. The van der Waals surface area contributed by atoms with Crippen LogP contribution in [-0.2, 0) is 5.41 Å². The molecule has 0 atom stereocenters. The number of fused-ring (bicyclic) bond motifs is 4. The highest BCUT2D eigenvalue weighted by molar-refractivity contribution is 6.06. The van der Waals surface area contributed by atoms with E-state index < -0.39 is 28.7 Å². The van der Waals surface area contributed by atoms with Crippen LogP contribution in [0.3, 0.4) is 0 Å². The summed E-state index contributed by atoms with van der Waals surface area (Å²) in [6.45, 7) is 3.97. The molecule has 0 amide bonds. The van der Waals surface area contributed by atoms with E-state index in [0.29, 0.717) is 22.8 Å². The van der Waals surface area contributed by atoms with E-state index in [9.17, 15) is 8.78 Å². The van der Waals surface area contributed by atoms with Gasteiger partial charge < -0.3 is 9.80 Å². The molecule has 2 heterocycles. The zero-order valence-corrected chi connectivity index (χ0v) is 39.7. The molecule has 0 spiro atoms. The van der Waals surface area contributed by atoms with Crippen LogP contribution in [0.2, 0.25) is 0 Å². The molecule has 352 valence electrons. The number of nitrogens with zero attached hydrogens (tertiary/aromatic N) is 4. The van der Waals surface area contributed by atoms with Gasteiger partial charge in [0.05, 0.1) is 56.9 Å². The fourth-order valence-electron chi connectivity index (χ4n) is 10.2. The molecule has 4 nitrogen and oxygen atoms in total. The molecule has 0 aliphatic carbocycles. The lowest BCUT2D eigenvalue weighted by Gasteiger charge is -2.32. The normalized spacial score (nSPS) is 11.7. The Balaban J connectivity index is 1.15. The van der Waals surface area contributed by atoms with E-state index in [1.807, 2.05) is 111 Å². The van der Waals surface area contributed by atoms with Gasteiger partial charge >= 0.3 is 0 Å². The van der Waals surface area contributed by atoms with Crippen LogP contribution in [0, 0.1) is 23.3 Å². The lowest BCUT2D eigenvalue weighted by Crippen LogP contribution is -2.24. The summed E-state index contributed by atoms with van der Waals surface area (Å²) >= 11 is 0.